The number of nitrogens with zero attached hydrogens (tertiary/aromatic N) is 1. The molecule has 4 aliphatic carbocycles. The van der Waals surface area contributed by atoms with E-state index in [1.807, 2.05) is 0 Å². The van der Waals surface area contributed by atoms with Crippen LogP contribution < -0.4 is 5.32 Å². The second-order valence-electron chi connectivity index (χ2n) is 7.72. The molecule has 5 rings (SSSR count). The second-order valence-corrected chi connectivity index (χ2v) is 7.72. The van der Waals surface area contributed by atoms with Gasteiger partial charge in [-0.1, -0.05) is 5.16 Å². The summed E-state index contributed by atoms with van der Waals surface area (Å²) in [5, 5.41) is 6.75. The molecule has 138 valence electrons. The number of fused-ring (bicyclic) bond motifs is 4. The van der Waals surface area contributed by atoms with Gasteiger partial charge >= 0.3 is 6.18 Å². The molecule has 0 aromatic carbocycles. The molecule has 1 amide bonds. The highest BCUT2D eigenvalue weighted by Gasteiger charge is 2.57. The predicted molar refractivity (Wildman–Crippen MR) is 83.5 cm³/mol. The largest absolute Gasteiger partial charge is 0.392 e. The molecule has 7 heteroatoms. The molecular formula is C18H23F3N2O2. The van der Waals surface area contributed by atoms with Crippen LogP contribution in [0.3, 0.4) is 0 Å². The summed E-state index contributed by atoms with van der Waals surface area (Å²) >= 11 is 0. The molecule has 4 aliphatic rings. The molecule has 0 radical (unpaired) electrons. The molecule has 25 heavy (non-hydrogen) atoms. The first-order valence-electron chi connectivity index (χ1n) is 9.26. The van der Waals surface area contributed by atoms with Crippen molar-refractivity contribution in [2.45, 2.75) is 64.1 Å². The van der Waals surface area contributed by atoms with Crippen LogP contribution in [0.4, 0.5) is 13.2 Å². The Labute approximate surface area is 144 Å². The van der Waals surface area contributed by atoms with Crippen molar-refractivity contribution in [3.63, 3.8) is 0 Å². The van der Waals surface area contributed by atoms with Crippen LogP contribution in [-0.2, 0) is 24.2 Å². The minimum atomic E-state index is -4.31. The van der Waals surface area contributed by atoms with Crippen molar-refractivity contribution in [2.75, 3.05) is 0 Å². The Morgan fingerprint density at radius 2 is 1.80 bits per heavy atom. The topological polar surface area (TPSA) is 55.1 Å². The first-order valence-corrected chi connectivity index (χ1v) is 9.26. The lowest BCUT2D eigenvalue weighted by Gasteiger charge is -2.48. The Morgan fingerprint density at radius 1 is 1.12 bits per heavy atom. The standard InChI is InChI=1S/C18H23F3N2O2/c19-18(20,21)16-11-7-5-10(6-8-11)15(16)17(24)22-9-13-12-3-1-2-4-14(12)25-23-13/h10-11,15-16H,1-9H2,(H,22,24)/t10?,11?,15-,16-/m0/s1. The molecule has 0 spiro atoms. The van der Waals surface area contributed by atoms with Gasteiger partial charge in [0.05, 0.1) is 18.4 Å². The average Bonchev–Trinajstić information content (AvgIpc) is 3.02. The van der Waals surface area contributed by atoms with Crippen LogP contribution >= 0.6 is 0 Å². The van der Waals surface area contributed by atoms with Gasteiger partial charge in [0.2, 0.25) is 5.91 Å². The Balaban J connectivity index is 1.47. The van der Waals surface area contributed by atoms with Crippen LogP contribution in [0, 0.1) is 23.7 Å². The summed E-state index contributed by atoms with van der Waals surface area (Å²) in [7, 11) is 0. The van der Waals surface area contributed by atoms with E-state index >= 15 is 0 Å². The first-order chi connectivity index (χ1) is 11.9. The maximum atomic E-state index is 13.5. The van der Waals surface area contributed by atoms with Crippen LogP contribution in [0.5, 0.6) is 0 Å². The van der Waals surface area contributed by atoms with Crippen LogP contribution in [0.15, 0.2) is 4.52 Å². The van der Waals surface area contributed by atoms with E-state index in [1.165, 1.54) is 0 Å². The maximum Gasteiger partial charge on any atom is 0.392 e. The van der Waals surface area contributed by atoms with Crippen LogP contribution in [0.25, 0.3) is 0 Å². The molecule has 3 saturated carbocycles. The number of amides is 1. The lowest BCUT2D eigenvalue weighted by Crippen LogP contribution is -2.53. The fourth-order valence-electron chi connectivity index (χ4n) is 5.17. The molecule has 1 N–H and O–H groups in total. The lowest BCUT2D eigenvalue weighted by molar-refractivity contribution is -0.229. The lowest BCUT2D eigenvalue weighted by atomic mass is 9.58. The molecule has 2 atom stereocenters. The number of nitrogens with one attached hydrogen (secondary N) is 1. The predicted octanol–water partition coefficient (Wildman–Crippen LogP) is 3.78. The third-order valence-electron chi connectivity index (χ3n) is 6.36. The smallest absolute Gasteiger partial charge is 0.361 e. The van der Waals surface area contributed by atoms with Crippen molar-refractivity contribution in [1.82, 2.24) is 10.5 Å². The van der Waals surface area contributed by atoms with Crippen molar-refractivity contribution in [2.24, 2.45) is 23.7 Å². The number of rotatable bonds is 3. The minimum Gasteiger partial charge on any atom is -0.361 e. The zero-order valence-corrected chi connectivity index (χ0v) is 14.1. The number of hydrogen-bond acceptors (Lipinski definition) is 3. The summed E-state index contributed by atoms with van der Waals surface area (Å²) in [6.07, 6.45) is 2.17. The Kier molecular flexibility index (Phi) is 4.28. The summed E-state index contributed by atoms with van der Waals surface area (Å²) in [4.78, 5) is 12.6. The molecule has 1 aromatic heterocycles. The van der Waals surface area contributed by atoms with Crippen LogP contribution in [0.2, 0.25) is 0 Å². The van der Waals surface area contributed by atoms with E-state index in [9.17, 15) is 18.0 Å². The highest BCUT2D eigenvalue weighted by atomic mass is 19.4. The van der Waals surface area contributed by atoms with E-state index in [-0.39, 0.29) is 12.5 Å². The highest BCUT2D eigenvalue weighted by molar-refractivity contribution is 5.79. The van der Waals surface area contributed by atoms with Gasteiger partial charge in [0.25, 0.3) is 0 Å². The molecule has 0 aliphatic heterocycles. The fourth-order valence-corrected chi connectivity index (χ4v) is 5.17. The van der Waals surface area contributed by atoms with Gasteiger partial charge < -0.3 is 9.84 Å². The summed E-state index contributed by atoms with van der Waals surface area (Å²) in [6, 6.07) is 0. The number of aryl methyl sites for hydroxylation is 1. The van der Waals surface area contributed by atoms with Crippen molar-refractivity contribution in [1.29, 1.82) is 0 Å². The van der Waals surface area contributed by atoms with Crippen LogP contribution in [0.1, 0.15) is 55.5 Å². The SMILES string of the molecule is O=C(NCc1noc2c1CCCC2)[C@H]1C2CCC(CC2)[C@@H]1C(F)(F)F. The van der Waals surface area contributed by atoms with E-state index in [0.29, 0.717) is 18.5 Å². The molecule has 0 unspecified atom stereocenters. The number of carbonyl (C=O) groups excluding carboxylic acids is 1. The number of aromatic nitrogens is 1. The summed E-state index contributed by atoms with van der Waals surface area (Å²) < 4.78 is 45.9. The highest BCUT2D eigenvalue weighted by Crippen LogP contribution is 2.54. The Morgan fingerprint density at radius 3 is 2.52 bits per heavy atom. The quantitative estimate of drug-likeness (QED) is 0.897. The molecule has 3 fully saturated rings. The third kappa shape index (κ3) is 3.06. The second kappa shape index (κ2) is 6.32. The Bertz CT molecular complexity index is 647. The molecule has 1 aromatic rings. The summed E-state index contributed by atoms with van der Waals surface area (Å²) in [6.45, 7) is 0.163. The molecular weight excluding hydrogens is 333 g/mol. The van der Waals surface area contributed by atoms with Crippen molar-refractivity contribution >= 4 is 5.91 Å². The van der Waals surface area contributed by atoms with E-state index in [2.05, 4.69) is 10.5 Å². The van der Waals surface area contributed by atoms with E-state index in [0.717, 1.165) is 49.8 Å². The third-order valence-corrected chi connectivity index (χ3v) is 6.36. The van der Waals surface area contributed by atoms with E-state index in [4.69, 9.17) is 4.52 Å². The monoisotopic (exact) mass is 356 g/mol. The first kappa shape index (κ1) is 16.9. The molecule has 4 nitrogen and oxygen atoms in total. The van der Waals surface area contributed by atoms with E-state index < -0.39 is 29.8 Å². The molecule has 0 saturated heterocycles. The summed E-state index contributed by atoms with van der Waals surface area (Å²) in [5.41, 5.74) is 1.71. The van der Waals surface area contributed by atoms with Crippen molar-refractivity contribution in [3.8, 4) is 0 Å². The van der Waals surface area contributed by atoms with Gasteiger partial charge in [-0.25, -0.2) is 0 Å². The molecule has 1 heterocycles. The minimum absolute atomic E-state index is 0.150. The van der Waals surface area contributed by atoms with Gasteiger partial charge in [-0.3, -0.25) is 4.79 Å². The zero-order chi connectivity index (χ0) is 17.6. The van der Waals surface area contributed by atoms with Crippen molar-refractivity contribution in [3.05, 3.63) is 17.0 Å². The maximum absolute atomic E-state index is 13.5. The van der Waals surface area contributed by atoms with E-state index in [1.54, 1.807) is 0 Å². The average molecular weight is 356 g/mol. The van der Waals surface area contributed by atoms with Gasteiger partial charge in [0.1, 0.15) is 11.5 Å². The summed E-state index contributed by atoms with van der Waals surface area (Å²) in [5.74, 6) is -2.60. The van der Waals surface area contributed by atoms with Gasteiger partial charge in [-0.05, 0) is 56.8 Å². The molecule has 2 bridgehead atoms. The fraction of sp³-hybridized carbons (Fsp3) is 0.778. The number of carbonyl (C=O) groups is 1. The number of hydrogen-bond donors (Lipinski definition) is 1. The van der Waals surface area contributed by atoms with Gasteiger partial charge in [-0.15, -0.1) is 0 Å². The Hall–Kier alpha value is -1.53. The van der Waals surface area contributed by atoms with Gasteiger partial charge in [0.15, 0.2) is 0 Å². The van der Waals surface area contributed by atoms with Gasteiger partial charge in [0, 0.05) is 12.0 Å². The van der Waals surface area contributed by atoms with Crippen LogP contribution in [-0.4, -0.2) is 17.2 Å². The van der Waals surface area contributed by atoms with Gasteiger partial charge in [-0.2, -0.15) is 13.2 Å². The number of halogens is 3. The van der Waals surface area contributed by atoms with Crippen molar-refractivity contribution < 1.29 is 22.5 Å². The zero-order valence-electron chi connectivity index (χ0n) is 14.1. The number of alkyl halides is 3. The normalized spacial score (nSPS) is 31.6.